The maximum atomic E-state index is 10.2. The van der Waals surface area contributed by atoms with Gasteiger partial charge >= 0.3 is 0 Å². The van der Waals surface area contributed by atoms with Crippen molar-refractivity contribution in [3.05, 3.63) is 0 Å². The van der Waals surface area contributed by atoms with E-state index in [1.807, 2.05) is 6.07 Å². The van der Waals surface area contributed by atoms with Gasteiger partial charge in [-0.1, -0.05) is 11.2 Å². The van der Waals surface area contributed by atoms with Gasteiger partial charge in [-0.2, -0.15) is 5.26 Å². The molecule has 0 saturated carbocycles. The van der Waals surface area contributed by atoms with Gasteiger partial charge in [-0.25, -0.2) is 0 Å². The van der Waals surface area contributed by atoms with Crippen molar-refractivity contribution < 1.29 is 4.55 Å². The molecule has 0 rings (SSSR count). The molecule has 3 heteroatoms. The Balaban J connectivity index is 2.86. The van der Waals surface area contributed by atoms with Crippen LogP contribution < -0.4 is 0 Å². The van der Waals surface area contributed by atoms with Gasteiger partial charge in [-0.05, 0) is 0 Å². The Hall–Kier alpha value is -0.200. The maximum absolute atomic E-state index is 10.2. The smallest absolute Gasteiger partial charge is 0.118 e. The van der Waals surface area contributed by atoms with Crippen LogP contribution in [0.2, 0.25) is 0 Å². The van der Waals surface area contributed by atoms with Gasteiger partial charge < -0.3 is 4.55 Å². The Morgan fingerprint density at radius 2 is 2.43 bits per heavy atom. The van der Waals surface area contributed by atoms with E-state index >= 15 is 0 Å². The second kappa shape index (κ2) is 3.97. The average molecular weight is 117 g/mol. The van der Waals surface area contributed by atoms with E-state index < -0.39 is 11.2 Å². The molecule has 0 saturated heterocycles. The third-order valence-electron chi connectivity index (χ3n) is 0.501. The molecule has 2 nitrogen and oxygen atoms in total. The zero-order valence-electron chi connectivity index (χ0n) is 4.18. The third kappa shape index (κ3) is 5.80. The minimum Gasteiger partial charge on any atom is -0.617 e. The molecule has 0 aromatic heterocycles. The zero-order valence-corrected chi connectivity index (χ0v) is 4.99. The molecule has 0 fully saturated rings. The lowest BCUT2D eigenvalue weighted by atomic mass is 10.6. The molecule has 0 aliphatic carbocycles. The Morgan fingerprint density at radius 3 is 2.57 bits per heavy atom. The quantitative estimate of drug-likeness (QED) is 0.488. The van der Waals surface area contributed by atoms with Crippen LogP contribution >= 0.6 is 0 Å². The highest BCUT2D eigenvalue weighted by Crippen LogP contribution is 1.84. The van der Waals surface area contributed by atoms with Crippen LogP contribution in [-0.2, 0) is 11.2 Å². The number of rotatable bonds is 2. The summed E-state index contributed by atoms with van der Waals surface area (Å²) >= 11 is -0.788. The lowest BCUT2D eigenvalue weighted by molar-refractivity contribution is 0.600. The van der Waals surface area contributed by atoms with Gasteiger partial charge in [-0.3, -0.25) is 0 Å². The van der Waals surface area contributed by atoms with E-state index in [-0.39, 0.29) is 0 Å². The van der Waals surface area contributed by atoms with Crippen molar-refractivity contribution >= 4 is 11.2 Å². The van der Waals surface area contributed by atoms with Gasteiger partial charge in [0, 0.05) is 0 Å². The monoisotopic (exact) mass is 117 g/mol. The molecule has 0 heterocycles. The number of nitrogens with zero attached hydrogens (tertiary/aromatic N) is 1. The summed E-state index contributed by atoms with van der Waals surface area (Å²) in [6, 6.07) is 1.91. The summed E-state index contributed by atoms with van der Waals surface area (Å²) in [6.45, 7) is 0. The van der Waals surface area contributed by atoms with Crippen LogP contribution in [0.3, 0.4) is 0 Å². The van der Waals surface area contributed by atoms with E-state index in [4.69, 9.17) is 5.26 Å². The summed E-state index contributed by atoms with van der Waals surface area (Å²) in [5.41, 5.74) is 0. The van der Waals surface area contributed by atoms with Crippen molar-refractivity contribution in [1.29, 1.82) is 5.26 Å². The molecule has 0 aliphatic rings. The molecule has 7 heavy (non-hydrogen) atoms. The van der Waals surface area contributed by atoms with E-state index in [1.54, 1.807) is 6.26 Å². The highest BCUT2D eigenvalue weighted by atomic mass is 32.2. The van der Waals surface area contributed by atoms with Gasteiger partial charge in [-0.15, -0.1) is 0 Å². The first-order valence-corrected chi connectivity index (χ1v) is 3.67. The number of hydrogen-bond donors (Lipinski definition) is 0. The number of hydrogen-bond acceptors (Lipinski definition) is 2. The molecular formula is C4H7NOS. The first-order valence-electron chi connectivity index (χ1n) is 1.94. The molecule has 0 spiro atoms. The summed E-state index contributed by atoms with van der Waals surface area (Å²) in [7, 11) is 0. The summed E-state index contributed by atoms with van der Waals surface area (Å²) in [6.07, 6.45) is 2.00. The Kier molecular flexibility index (Phi) is 3.86. The highest BCUT2D eigenvalue weighted by molar-refractivity contribution is 7.90. The maximum Gasteiger partial charge on any atom is 0.118 e. The van der Waals surface area contributed by atoms with Crippen LogP contribution in [0.4, 0.5) is 0 Å². The number of nitriles is 1. The minimum atomic E-state index is -0.788. The summed E-state index contributed by atoms with van der Waals surface area (Å²) in [5.74, 6) is 0.510. The molecular weight excluding hydrogens is 110 g/mol. The predicted octanol–water partition coefficient (Wildman–Crippen LogP) is 0.279. The summed E-state index contributed by atoms with van der Waals surface area (Å²) in [4.78, 5) is 0. The molecule has 40 valence electrons. The van der Waals surface area contributed by atoms with Gasteiger partial charge in [0.25, 0.3) is 0 Å². The molecule has 0 N–H and O–H groups in total. The first-order chi connectivity index (χ1) is 3.27. The summed E-state index contributed by atoms with van der Waals surface area (Å²) in [5, 5.41) is 7.93. The molecule has 0 amide bonds. The minimum absolute atomic E-state index is 0.406. The van der Waals surface area contributed by atoms with Gasteiger partial charge in [0.2, 0.25) is 0 Å². The molecule has 0 aromatic rings. The van der Waals surface area contributed by atoms with Gasteiger partial charge in [0.1, 0.15) is 5.75 Å². The standard InChI is InChI=1S/C4H7NOS/c1-7(6)4-2-3-5/h2,4H2,1H3/t7-/m1/s1. The van der Waals surface area contributed by atoms with Crippen LogP contribution in [0.5, 0.6) is 0 Å². The normalized spacial score (nSPS) is 12.7. The Bertz CT molecular complexity index is 76.2. The molecule has 1 atom stereocenters. The van der Waals surface area contributed by atoms with Crippen molar-refractivity contribution in [3.63, 3.8) is 0 Å². The topological polar surface area (TPSA) is 46.8 Å². The van der Waals surface area contributed by atoms with E-state index in [0.29, 0.717) is 12.2 Å². The van der Waals surface area contributed by atoms with Crippen LogP contribution in [0.25, 0.3) is 0 Å². The zero-order chi connectivity index (χ0) is 5.70. The Labute approximate surface area is 46.3 Å². The molecule has 0 aromatic carbocycles. The van der Waals surface area contributed by atoms with Crippen LogP contribution in [0, 0.1) is 11.3 Å². The first kappa shape index (κ1) is 6.80. The lowest BCUT2D eigenvalue weighted by Gasteiger charge is -1.97. The van der Waals surface area contributed by atoms with Crippen LogP contribution in [-0.4, -0.2) is 16.6 Å². The van der Waals surface area contributed by atoms with E-state index in [1.165, 1.54) is 0 Å². The van der Waals surface area contributed by atoms with E-state index in [2.05, 4.69) is 0 Å². The SMILES string of the molecule is C[S@@+]([O-])CCC#N. The largest absolute Gasteiger partial charge is 0.617 e. The predicted molar refractivity (Wildman–Crippen MR) is 29.2 cm³/mol. The second-order valence-electron chi connectivity index (χ2n) is 1.19. The molecule has 0 radical (unpaired) electrons. The summed E-state index contributed by atoms with van der Waals surface area (Å²) < 4.78 is 10.2. The fraction of sp³-hybridized carbons (Fsp3) is 0.750. The Morgan fingerprint density at radius 1 is 1.86 bits per heavy atom. The van der Waals surface area contributed by atoms with Crippen LogP contribution in [0.1, 0.15) is 6.42 Å². The van der Waals surface area contributed by atoms with Crippen molar-refractivity contribution in [2.45, 2.75) is 6.42 Å². The fourth-order valence-electron chi connectivity index (χ4n) is 0.189. The van der Waals surface area contributed by atoms with E-state index in [9.17, 15) is 4.55 Å². The van der Waals surface area contributed by atoms with Crippen molar-refractivity contribution in [1.82, 2.24) is 0 Å². The second-order valence-corrected chi connectivity index (χ2v) is 2.74. The third-order valence-corrected chi connectivity index (χ3v) is 1.28. The molecule has 0 aliphatic heterocycles. The molecule has 0 bridgehead atoms. The fourth-order valence-corrected chi connectivity index (χ4v) is 0.568. The highest BCUT2D eigenvalue weighted by Gasteiger charge is 1.91. The van der Waals surface area contributed by atoms with Crippen molar-refractivity contribution in [2.75, 3.05) is 12.0 Å². The average Bonchev–Trinajstić information content (AvgIpc) is 1.61. The van der Waals surface area contributed by atoms with Gasteiger partial charge in [0.15, 0.2) is 0 Å². The van der Waals surface area contributed by atoms with E-state index in [0.717, 1.165) is 0 Å². The molecule has 0 unspecified atom stereocenters. The van der Waals surface area contributed by atoms with Crippen molar-refractivity contribution in [2.24, 2.45) is 0 Å². The van der Waals surface area contributed by atoms with Gasteiger partial charge in [0.05, 0.1) is 18.7 Å². The van der Waals surface area contributed by atoms with Crippen molar-refractivity contribution in [3.8, 4) is 6.07 Å². The van der Waals surface area contributed by atoms with Crippen LogP contribution in [0.15, 0.2) is 0 Å². The lowest BCUT2D eigenvalue weighted by Crippen LogP contribution is -2.00.